The quantitative estimate of drug-likeness (QED) is 0.843. The van der Waals surface area contributed by atoms with Crippen LogP contribution in [0.2, 0.25) is 0 Å². The summed E-state index contributed by atoms with van der Waals surface area (Å²) in [4.78, 5) is 14.3. The van der Waals surface area contributed by atoms with Gasteiger partial charge in [-0.1, -0.05) is 43.3 Å². The van der Waals surface area contributed by atoms with Crippen molar-refractivity contribution in [2.45, 2.75) is 42.0 Å². The van der Waals surface area contributed by atoms with E-state index in [1.807, 2.05) is 18.2 Å². The number of nitrogens with one attached hydrogen (secondary N) is 1. The van der Waals surface area contributed by atoms with E-state index >= 15 is 0 Å². The van der Waals surface area contributed by atoms with E-state index in [0.717, 1.165) is 37.0 Å². The van der Waals surface area contributed by atoms with E-state index < -0.39 is 5.54 Å². The van der Waals surface area contributed by atoms with Gasteiger partial charge in [0.1, 0.15) is 0 Å². The first-order valence-corrected chi connectivity index (χ1v) is 8.35. The van der Waals surface area contributed by atoms with Crippen molar-refractivity contribution < 1.29 is 4.79 Å². The number of thioether (sulfide) groups is 1. The number of thiocarbonyl (C=S) groups is 1. The largest absolute Gasteiger partial charge is 0.391 e. The SMILES string of the molecule is NC(=S)C1(NC(=O)C2CSc3ccccc32)CCCC1. The van der Waals surface area contributed by atoms with Crippen LogP contribution in [-0.2, 0) is 4.79 Å². The molecule has 20 heavy (non-hydrogen) atoms. The van der Waals surface area contributed by atoms with Crippen molar-refractivity contribution in [3.63, 3.8) is 0 Å². The van der Waals surface area contributed by atoms with E-state index in [-0.39, 0.29) is 11.8 Å². The molecule has 0 aromatic heterocycles. The van der Waals surface area contributed by atoms with E-state index in [4.69, 9.17) is 18.0 Å². The fourth-order valence-electron chi connectivity index (χ4n) is 3.11. The predicted octanol–water partition coefficient (Wildman–Crippen LogP) is 2.59. The summed E-state index contributed by atoms with van der Waals surface area (Å²) in [5.74, 6) is 0.790. The van der Waals surface area contributed by atoms with Crippen LogP contribution in [-0.4, -0.2) is 22.2 Å². The van der Waals surface area contributed by atoms with Crippen LogP contribution < -0.4 is 11.1 Å². The van der Waals surface area contributed by atoms with Crippen molar-refractivity contribution in [1.82, 2.24) is 5.32 Å². The van der Waals surface area contributed by atoms with Crippen LogP contribution in [0.25, 0.3) is 0 Å². The number of rotatable bonds is 3. The van der Waals surface area contributed by atoms with Gasteiger partial charge >= 0.3 is 0 Å². The van der Waals surface area contributed by atoms with Gasteiger partial charge in [-0.2, -0.15) is 0 Å². The lowest BCUT2D eigenvalue weighted by atomic mass is 9.94. The highest BCUT2D eigenvalue weighted by Crippen LogP contribution is 2.40. The molecule has 0 saturated heterocycles. The van der Waals surface area contributed by atoms with E-state index in [2.05, 4.69) is 11.4 Å². The minimum absolute atomic E-state index is 0.0668. The number of fused-ring (bicyclic) bond motifs is 1. The summed E-state index contributed by atoms with van der Waals surface area (Å²) in [6.45, 7) is 0. The summed E-state index contributed by atoms with van der Waals surface area (Å²) in [5, 5.41) is 3.16. The number of benzene rings is 1. The van der Waals surface area contributed by atoms with Gasteiger partial charge in [-0.3, -0.25) is 4.79 Å². The van der Waals surface area contributed by atoms with Crippen molar-refractivity contribution in [3.8, 4) is 0 Å². The second-order valence-corrected chi connectivity index (χ2v) is 7.05. The molecule has 1 aliphatic carbocycles. The Kier molecular flexibility index (Phi) is 3.73. The van der Waals surface area contributed by atoms with E-state index in [0.29, 0.717) is 4.99 Å². The third kappa shape index (κ3) is 2.33. The molecule has 3 nitrogen and oxygen atoms in total. The van der Waals surface area contributed by atoms with Gasteiger partial charge in [-0.25, -0.2) is 0 Å². The van der Waals surface area contributed by atoms with E-state index in [1.165, 1.54) is 4.90 Å². The molecule has 1 fully saturated rings. The zero-order chi connectivity index (χ0) is 14.2. The first kappa shape index (κ1) is 13.9. The first-order chi connectivity index (χ1) is 9.62. The summed E-state index contributed by atoms with van der Waals surface area (Å²) in [7, 11) is 0. The van der Waals surface area contributed by atoms with Crippen LogP contribution in [0.3, 0.4) is 0 Å². The monoisotopic (exact) mass is 306 g/mol. The molecule has 1 heterocycles. The number of amides is 1. The standard InChI is InChI=1S/C15H18N2OS2/c16-14(19)15(7-3-4-8-15)17-13(18)11-9-20-12-6-2-1-5-10(11)12/h1-2,5-6,11H,3-4,7-9H2,(H2,16,19)(H,17,18). The Morgan fingerprint density at radius 3 is 2.75 bits per heavy atom. The molecule has 3 rings (SSSR count). The zero-order valence-corrected chi connectivity index (χ0v) is 12.9. The lowest BCUT2D eigenvalue weighted by Crippen LogP contribution is -2.55. The van der Waals surface area contributed by atoms with Gasteiger partial charge in [0.15, 0.2) is 0 Å². The molecule has 0 bridgehead atoms. The van der Waals surface area contributed by atoms with E-state index in [1.54, 1.807) is 11.8 Å². The summed E-state index contributed by atoms with van der Waals surface area (Å²) in [6.07, 6.45) is 3.90. The molecule has 1 atom stereocenters. The van der Waals surface area contributed by atoms with E-state index in [9.17, 15) is 4.79 Å². The topological polar surface area (TPSA) is 55.1 Å². The average Bonchev–Trinajstić information content (AvgIpc) is 3.05. The molecule has 0 spiro atoms. The van der Waals surface area contributed by atoms with Gasteiger partial charge in [0.25, 0.3) is 0 Å². The Bertz CT molecular complexity index is 553. The summed E-state index contributed by atoms with van der Waals surface area (Å²) < 4.78 is 0. The molecule has 1 aromatic carbocycles. The third-order valence-corrected chi connectivity index (χ3v) is 5.88. The van der Waals surface area contributed by atoms with Crippen molar-refractivity contribution in [2.24, 2.45) is 5.73 Å². The minimum Gasteiger partial charge on any atom is -0.391 e. The molecule has 1 aliphatic heterocycles. The zero-order valence-electron chi connectivity index (χ0n) is 11.2. The molecular formula is C15H18N2OS2. The van der Waals surface area contributed by atoms with Crippen molar-refractivity contribution >= 4 is 34.9 Å². The Hall–Kier alpha value is -1.07. The fourth-order valence-corrected chi connectivity index (χ4v) is 4.60. The normalized spacial score (nSPS) is 23.3. The molecule has 5 heteroatoms. The number of carbonyl (C=O) groups is 1. The van der Waals surface area contributed by atoms with Crippen molar-refractivity contribution in [2.75, 3.05) is 5.75 Å². The second-order valence-electron chi connectivity index (χ2n) is 5.54. The Labute approximate surface area is 128 Å². The molecule has 3 N–H and O–H groups in total. The molecule has 2 aliphatic rings. The highest BCUT2D eigenvalue weighted by atomic mass is 32.2. The number of hydrogen-bond donors (Lipinski definition) is 2. The van der Waals surface area contributed by atoms with Gasteiger partial charge in [0, 0.05) is 10.6 Å². The summed E-state index contributed by atoms with van der Waals surface area (Å²) in [5.41, 5.74) is 6.57. The van der Waals surface area contributed by atoms with Crippen LogP contribution in [0, 0.1) is 0 Å². The highest BCUT2D eigenvalue weighted by molar-refractivity contribution is 7.99. The molecule has 1 unspecified atom stereocenters. The summed E-state index contributed by atoms with van der Waals surface area (Å²) >= 11 is 6.94. The van der Waals surface area contributed by atoms with Crippen LogP contribution >= 0.6 is 24.0 Å². The fraction of sp³-hybridized carbons (Fsp3) is 0.467. The van der Waals surface area contributed by atoms with Gasteiger partial charge in [-0.05, 0) is 24.5 Å². The lowest BCUT2D eigenvalue weighted by Gasteiger charge is -2.30. The van der Waals surface area contributed by atoms with Gasteiger partial charge in [0.05, 0.1) is 16.4 Å². The maximum atomic E-state index is 12.6. The molecular weight excluding hydrogens is 288 g/mol. The van der Waals surface area contributed by atoms with Crippen LogP contribution in [0.5, 0.6) is 0 Å². The molecule has 1 aromatic rings. The first-order valence-electron chi connectivity index (χ1n) is 6.96. The van der Waals surface area contributed by atoms with Gasteiger partial charge in [0.2, 0.25) is 5.91 Å². The summed E-state index contributed by atoms with van der Waals surface area (Å²) in [6, 6.07) is 8.12. The maximum Gasteiger partial charge on any atom is 0.229 e. The molecule has 1 saturated carbocycles. The Morgan fingerprint density at radius 1 is 1.35 bits per heavy atom. The smallest absolute Gasteiger partial charge is 0.229 e. The number of nitrogens with two attached hydrogens (primary N) is 1. The van der Waals surface area contributed by atoms with Crippen molar-refractivity contribution in [1.29, 1.82) is 0 Å². The van der Waals surface area contributed by atoms with Crippen LogP contribution in [0.15, 0.2) is 29.2 Å². The average molecular weight is 306 g/mol. The van der Waals surface area contributed by atoms with Gasteiger partial charge < -0.3 is 11.1 Å². The maximum absolute atomic E-state index is 12.6. The van der Waals surface area contributed by atoms with Gasteiger partial charge in [-0.15, -0.1) is 11.8 Å². The minimum atomic E-state index is -0.450. The number of carbonyl (C=O) groups excluding carboxylic acids is 1. The second kappa shape index (κ2) is 5.37. The van der Waals surface area contributed by atoms with Crippen LogP contribution in [0.1, 0.15) is 37.2 Å². The van der Waals surface area contributed by atoms with Crippen LogP contribution in [0.4, 0.5) is 0 Å². The molecule has 1 amide bonds. The molecule has 0 radical (unpaired) electrons. The third-order valence-electron chi connectivity index (χ3n) is 4.31. The molecule has 106 valence electrons. The Balaban J connectivity index is 1.79. The number of hydrogen-bond acceptors (Lipinski definition) is 3. The van der Waals surface area contributed by atoms with Crippen molar-refractivity contribution in [3.05, 3.63) is 29.8 Å². The predicted molar refractivity (Wildman–Crippen MR) is 86.0 cm³/mol. The Morgan fingerprint density at radius 2 is 2.05 bits per heavy atom. The lowest BCUT2D eigenvalue weighted by molar-refractivity contribution is -0.123. The highest BCUT2D eigenvalue weighted by Gasteiger charge is 2.40.